The molecule has 2 aromatic carbocycles. The highest BCUT2D eigenvalue weighted by Crippen LogP contribution is 2.45. The number of fused-ring (bicyclic) bond motifs is 1. The van der Waals surface area contributed by atoms with Crippen molar-refractivity contribution in [1.82, 2.24) is 15.1 Å². The van der Waals surface area contributed by atoms with E-state index in [1.807, 2.05) is 36.1 Å². The minimum atomic E-state index is -0.357. The number of phenols is 1. The van der Waals surface area contributed by atoms with Crippen LogP contribution >= 0.6 is 11.6 Å². The average Bonchev–Trinajstić information content (AvgIpc) is 3.32. The maximum atomic E-state index is 13.3. The summed E-state index contributed by atoms with van der Waals surface area (Å²) in [6.07, 6.45) is 3.53. The molecule has 0 fully saturated rings. The molecule has 4 rings (SSSR count). The van der Waals surface area contributed by atoms with E-state index in [0.29, 0.717) is 40.9 Å². The minimum Gasteiger partial charge on any atom is -0.507 e. The predicted molar refractivity (Wildman–Crippen MR) is 125 cm³/mol. The van der Waals surface area contributed by atoms with Crippen LogP contribution in [0.15, 0.2) is 49.1 Å². The van der Waals surface area contributed by atoms with E-state index in [1.165, 1.54) is 0 Å². The standard InChI is InChI=1S/C25H26ClN3O3/c1-4-6-10-29-24(16-8-7-9-17(13-16)32-11-5-2)21-22(27-28-23(21)25(29)31)18-14-19(26)15(3)12-20(18)30/h5,7-9,12-14,24,30H,2,4,6,10-11H2,1,3H3,(H,27,28). The topological polar surface area (TPSA) is 78.5 Å². The second-order valence-corrected chi connectivity index (χ2v) is 8.31. The van der Waals surface area contributed by atoms with Crippen molar-refractivity contribution < 1.29 is 14.6 Å². The van der Waals surface area contributed by atoms with Gasteiger partial charge >= 0.3 is 0 Å². The molecule has 1 unspecified atom stereocenters. The monoisotopic (exact) mass is 451 g/mol. The number of aryl methyl sites for hydroxylation is 1. The minimum absolute atomic E-state index is 0.0717. The molecule has 166 valence electrons. The molecule has 1 amide bonds. The Morgan fingerprint density at radius 2 is 2.16 bits per heavy atom. The number of nitrogens with one attached hydrogen (secondary N) is 1. The van der Waals surface area contributed by atoms with Gasteiger partial charge in [-0.15, -0.1) is 0 Å². The number of rotatable bonds is 8. The summed E-state index contributed by atoms with van der Waals surface area (Å²) >= 11 is 6.35. The van der Waals surface area contributed by atoms with Gasteiger partial charge in [0.2, 0.25) is 0 Å². The van der Waals surface area contributed by atoms with Crippen LogP contribution in [0.5, 0.6) is 11.5 Å². The highest BCUT2D eigenvalue weighted by atomic mass is 35.5. The Bertz CT molecular complexity index is 1170. The van der Waals surface area contributed by atoms with Crippen molar-refractivity contribution in [2.45, 2.75) is 32.7 Å². The van der Waals surface area contributed by atoms with Crippen LogP contribution in [0.25, 0.3) is 11.3 Å². The molecule has 6 nitrogen and oxygen atoms in total. The Labute approximate surface area is 192 Å². The van der Waals surface area contributed by atoms with Crippen LogP contribution in [-0.4, -0.2) is 39.3 Å². The zero-order valence-electron chi connectivity index (χ0n) is 18.2. The second-order valence-electron chi connectivity index (χ2n) is 7.91. The second kappa shape index (κ2) is 9.09. The molecule has 0 aliphatic carbocycles. The Morgan fingerprint density at radius 1 is 1.34 bits per heavy atom. The predicted octanol–water partition coefficient (Wildman–Crippen LogP) is 5.65. The van der Waals surface area contributed by atoms with Crippen molar-refractivity contribution in [1.29, 1.82) is 0 Å². The molecule has 0 spiro atoms. The summed E-state index contributed by atoms with van der Waals surface area (Å²) in [6, 6.07) is 10.7. The Balaban J connectivity index is 1.86. The lowest BCUT2D eigenvalue weighted by Gasteiger charge is -2.26. The molecule has 0 bridgehead atoms. The smallest absolute Gasteiger partial charge is 0.273 e. The summed E-state index contributed by atoms with van der Waals surface area (Å²) in [6.45, 7) is 8.62. The molecule has 0 radical (unpaired) electrons. The van der Waals surface area contributed by atoms with E-state index in [2.05, 4.69) is 23.7 Å². The van der Waals surface area contributed by atoms with Crippen molar-refractivity contribution in [3.8, 4) is 22.8 Å². The molecule has 1 atom stereocenters. The summed E-state index contributed by atoms with van der Waals surface area (Å²) in [5.74, 6) is 0.666. The number of hydrogen-bond donors (Lipinski definition) is 2. The molecule has 1 aromatic heterocycles. The summed E-state index contributed by atoms with van der Waals surface area (Å²) in [5.41, 5.74) is 3.87. The highest BCUT2D eigenvalue weighted by molar-refractivity contribution is 6.31. The van der Waals surface area contributed by atoms with Gasteiger partial charge in [-0.3, -0.25) is 9.89 Å². The van der Waals surface area contributed by atoms with Gasteiger partial charge in [-0.2, -0.15) is 5.10 Å². The van der Waals surface area contributed by atoms with Crippen molar-refractivity contribution >= 4 is 17.5 Å². The summed E-state index contributed by atoms with van der Waals surface area (Å²) < 4.78 is 5.73. The lowest BCUT2D eigenvalue weighted by atomic mass is 9.95. The number of carbonyl (C=O) groups excluding carboxylic acids is 1. The van der Waals surface area contributed by atoms with Gasteiger partial charge in [-0.25, -0.2) is 0 Å². The van der Waals surface area contributed by atoms with Crippen molar-refractivity contribution in [3.63, 3.8) is 0 Å². The number of benzene rings is 2. The summed E-state index contributed by atoms with van der Waals surface area (Å²) in [7, 11) is 0. The first-order valence-corrected chi connectivity index (χ1v) is 11.1. The summed E-state index contributed by atoms with van der Waals surface area (Å²) in [4.78, 5) is 15.2. The van der Waals surface area contributed by atoms with Gasteiger partial charge in [0, 0.05) is 22.7 Å². The fourth-order valence-electron chi connectivity index (χ4n) is 4.09. The van der Waals surface area contributed by atoms with Gasteiger partial charge in [0.1, 0.15) is 29.5 Å². The fourth-order valence-corrected chi connectivity index (χ4v) is 4.26. The van der Waals surface area contributed by atoms with Crippen LogP contribution in [0.1, 0.15) is 53.0 Å². The van der Waals surface area contributed by atoms with E-state index in [-0.39, 0.29) is 17.7 Å². The number of carbonyl (C=O) groups is 1. The maximum Gasteiger partial charge on any atom is 0.273 e. The average molecular weight is 452 g/mol. The van der Waals surface area contributed by atoms with Crippen LogP contribution in [0.4, 0.5) is 0 Å². The molecule has 1 aliphatic heterocycles. The molecule has 2 N–H and O–H groups in total. The number of nitrogens with zero attached hydrogens (tertiary/aromatic N) is 2. The van der Waals surface area contributed by atoms with Gasteiger partial charge in [-0.1, -0.05) is 49.7 Å². The van der Waals surface area contributed by atoms with Crippen molar-refractivity contribution in [2.24, 2.45) is 0 Å². The number of unbranched alkanes of at least 4 members (excludes halogenated alkanes) is 1. The molecule has 3 aromatic rings. The first kappa shape index (κ1) is 22.0. The third-order valence-corrected chi connectivity index (χ3v) is 6.10. The van der Waals surface area contributed by atoms with Gasteiger partial charge in [0.15, 0.2) is 0 Å². The van der Waals surface area contributed by atoms with Gasteiger partial charge in [0.25, 0.3) is 5.91 Å². The number of aromatic amines is 1. The first-order chi connectivity index (χ1) is 15.5. The molecule has 2 heterocycles. The van der Waals surface area contributed by atoms with E-state index in [0.717, 1.165) is 29.5 Å². The molecule has 32 heavy (non-hydrogen) atoms. The number of aromatic hydroxyl groups is 1. The fraction of sp³-hybridized carbons (Fsp3) is 0.280. The molecular weight excluding hydrogens is 426 g/mol. The van der Waals surface area contributed by atoms with E-state index in [1.54, 1.807) is 18.2 Å². The first-order valence-electron chi connectivity index (χ1n) is 10.7. The largest absolute Gasteiger partial charge is 0.507 e. The van der Waals surface area contributed by atoms with E-state index >= 15 is 0 Å². The number of ether oxygens (including phenoxy) is 1. The molecule has 0 saturated heterocycles. The number of phenolic OH excluding ortho intramolecular Hbond substituents is 1. The van der Waals surface area contributed by atoms with Gasteiger partial charge < -0.3 is 14.7 Å². The van der Waals surface area contributed by atoms with Gasteiger partial charge in [0.05, 0.1) is 6.04 Å². The Kier molecular flexibility index (Phi) is 6.24. The zero-order chi connectivity index (χ0) is 22.8. The lowest BCUT2D eigenvalue weighted by molar-refractivity contribution is 0.0741. The maximum absolute atomic E-state index is 13.3. The number of hydrogen-bond acceptors (Lipinski definition) is 4. The van der Waals surface area contributed by atoms with Crippen molar-refractivity contribution in [2.75, 3.05) is 13.2 Å². The van der Waals surface area contributed by atoms with Crippen LogP contribution in [-0.2, 0) is 0 Å². The van der Waals surface area contributed by atoms with E-state index in [9.17, 15) is 9.90 Å². The van der Waals surface area contributed by atoms with Crippen LogP contribution in [0.3, 0.4) is 0 Å². The summed E-state index contributed by atoms with van der Waals surface area (Å²) in [5, 5.41) is 18.5. The Morgan fingerprint density at radius 3 is 2.91 bits per heavy atom. The number of aromatic nitrogens is 2. The molecule has 7 heteroatoms. The van der Waals surface area contributed by atoms with Gasteiger partial charge in [-0.05, 0) is 48.7 Å². The molecule has 0 saturated carbocycles. The molecular formula is C25H26ClN3O3. The van der Waals surface area contributed by atoms with E-state index < -0.39 is 0 Å². The lowest BCUT2D eigenvalue weighted by Crippen LogP contribution is -2.30. The third kappa shape index (κ3) is 3.86. The van der Waals surface area contributed by atoms with Crippen LogP contribution in [0.2, 0.25) is 5.02 Å². The van der Waals surface area contributed by atoms with Crippen molar-refractivity contribution in [3.05, 3.63) is 76.5 Å². The number of H-pyrrole nitrogens is 1. The third-order valence-electron chi connectivity index (χ3n) is 5.69. The quantitative estimate of drug-likeness (QED) is 0.433. The highest BCUT2D eigenvalue weighted by Gasteiger charge is 2.42. The number of halogens is 1. The van der Waals surface area contributed by atoms with E-state index in [4.69, 9.17) is 16.3 Å². The Hall–Kier alpha value is -3.25. The van der Waals surface area contributed by atoms with Crippen LogP contribution < -0.4 is 4.74 Å². The SMILES string of the molecule is C=CCOc1cccc(C2c3c(-c4cc(Cl)c(C)cc4O)n[nH]c3C(=O)N2CCCC)c1. The van der Waals surface area contributed by atoms with Crippen LogP contribution in [0, 0.1) is 6.92 Å². The normalized spacial score (nSPS) is 15.2. The zero-order valence-corrected chi connectivity index (χ0v) is 18.9. The molecule has 1 aliphatic rings. The number of amides is 1.